The Morgan fingerprint density at radius 2 is 1.44 bits per heavy atom. The number of rotatable bonds is 6. The normalized spacial score (nSPS) is 9.75. The van der Waals surface area contributed by atoms with E-state index >= 15 is 0 Å². The zero-order valence-corrected chi connectivity index (χ0v) is 6.47. The molecule has 16 heavy (non-hydrogen) atoms. The Balaban J connectivity index is -0.000000240. The average molecular weight is 296 g/mol. The molecule has 10 heteroatoms. The fraction of sp³-hybridized carbons (Fsp3) is 0.500. The van der Waals surface area contributed by atoms with Gasteiger partial charge in [0, 0.05) is 0 Å². The molecule has 7 nitrogen and oxygen atoms in total. The monoisotopic (exact) mass is 296 g/mol. The van der Waals surface area contributed by atoms with E-state index < -0.39 is 37.0 Å². The van der Waals surface area contributed by atoms with Gasteiger partial charge in [-0.3, -0.25) is 4.79 Å². The van der Waals surface area contributed by atoms with Crippen LogP contribution < -0.4 is 0 Å². The Morgan fingerprint density at radius 3 is 1.69 bits per heavy atom. The van der Waals surface area contributed by atoms with Crippen molar-refractivity contribution in [2.75, 3.05) is 6.61 Å². The van der Waals surface area contributed by atoms with Crippen molar-refractivity contribution in [3.05, 3.63) is 0 Å². The molecule has 0 heterocycles. The summed E-state index contributed by atoms with van der Waals surface area (Å²) in [5, 5.41) is 24.7. The van der Waals surface area contributed by atoms with Crippen LogP contribution in [0.15, 0.2) is 0 Å². The second-order valence-electron chi connectivity index (χ2n) is 2.13. The summed E-state index contributed by atoms with van der Waals surface area (Å²) in [6.45, 7) is -0.829. The van der Waals surface area contributed by atoms with Gasteiger partial charge in [-0.1, -0.05) is 0 Å². The van der Waals surface area contributed by atoms with Crippen molar-refractivity contribution in [3.63, 3.8) is 0 Å². The number of hydrogen-bond acceptors (Lipinski definition) is 4. The Hall–Kier alpha value is 2.64. The van der Waals surface area contributed by atoms with E-state index in [2.05, 4.69) is 4.74 Å². The van der Waals surface area contributed by atoms with Crippen LogP contribution in [0.5, 0.6) is 0 Å². The van der Waals surface area contributed by atoms with Crippen LogP contribution in [-0.4, -0.2) is 178 Å². The van der Waals surface area contributed by atoms with E-state index in [1.165, 1.54) is 0 Å². The van der Waals surface area contributed by atoms with Crippen molar-refractivity contribution >= 4 is 150 Å². The number of carboxylic acid groups (broad SMARTS) is 3. The van der Waals surface area contributed by atoms with Crippen molar-refractivity contribution in [2.45, 2.75) is 12.5 Å². The molecule has 0 aliphatic heterocycles. The van der Waals surface area contributed by atoms with Crippen LogP contribution in [0.3, 0.4) is 0 Å². The fourth-order valence-electron chi connectivity index (χ4n) is 0.548. The molecule has 0 saturated carbocycles. The zero-order chi connectivity index (χ0) is 10.4. The first kappa shape index (κ1) is 27.1. The zero-order valence-electron chi connectivity index (χ0n) is 6.47. The molecule has 0 aromatic carbocycles. The third-order valence-electron chi connectivity index (χ3n) is 1.04. The second-order valence-corrected chi connectivity index (χ2v) is 2.13. The third-order valence-corrected chi connectivity index (χ3v) is 1.04. The molecule has 0 aliphatic carbocycles. The van der Waals surface area contributed by atoms with Crippen LogP contribution in [0.25, 0.3) is 0 Å². The first-order chi connectivity index (χ1) is 5.93. The van der Waals surface area contributed by atoms with E-state index in [4.69, 9.17) is 15.3 Å². The first-order valence-electron chi connectivity index (χ1n) is 3.21. The molecule has 0 fully saturated rings. The molecule has 0 aromatic heterocycles. The van der Waals surface area contributed by atoms with E-state index in [9.17, 15) is 14.4 Å². The summed E-state index contributed by atoms with van der Waals surface area (Å²) in [6, 6.07) is 0. The van der Waals surface area contributed by atoms with Gasteiger partial charge in [0.1, 0.15) is 6.61 Å². The van der Waals surface area contributed by atoms with E-state index in [1.54, 1.807) is 0 Å². The average Bonchev–Trinajstić information content (AvgIpc) is 1.96. The summed E-state index contributed by atoms with van der Waals surface area (Å²) in [5.41, 5.74) is 0. The topological polar surface area (TPSA) is 121 Å². The number of aliphatic carboxylic acids is 3. The Labute approximate surface area is 199 Å². The second kappa shape index (κ2) is 15.7. The van der Waals surface area contributed by atoms with E-state index in [0.717, 1.165) is 0 Å². The standard InChI is InChI=1S/C6H8O7.2K.Na.3H/c7-4(8)1-3(6(11)12)13-2-5(9)10;;;;;;/h3H,1-2H2,(H,7,8)(H,9,10)(H,11,12);;;;;;. The van der Waals surface area contributed by atoms with Crippen molar-refractivity contribution < 1.29 is 34.4 Å². The van der Waals surface area contributed by atoms with Gasteiger partial charge in [-0.2, -0.15) is 0 Å². The minimum atomic E-state index is -1.62. The van der Waals surface area contributed by atoms with Crippen molar-refractivity contribution in [1.29, 1.82) is 0 Å². The molecule has 1 atom stereocenters. The van der Waals surface area contributed by atoms with E-state index in [0.29, 0.717) is 0 Å². The van der Waals surface area contributed by atoms with E-state index in [-0.39, 0.29) is 132 Å². The van der Waals surface area contributed by atoms with Crippen LogP contribution in [0, 0.1) is 0 Å². The maximum atomic E-state index is 10.3. The third kappa shape index (κ3) is 16.6. The Bertz CT molecular complexity index is 235. The van der Waals surface area contributed by atoms with Crippen molar-refractivity contribution in [3.8, 4) is 0 Å². The molecule has 0 radical (unpaired) electrons. The van der Waals surface area contributed by atoms with Gasteiger partial charge in [0.2, 0.25) is 0 Å². The summed E-state index contributed by atoms with van der Waals surface area (Å²) < 4.78 is 4.30. The number of ether oxygens (including phenoxy) is 1. The summed E-state index contributed by atoms with van der Waals surface area (Å²) in [5.74, 6) is -4.21. The molecule has 0 spiro atoms. The van der Waals surface area contributed by atoms with Gasteiger partial charge < -0.3 is 20.1 Å². The molecule has 0 saturated heterocycles. The van der Waals surface area contributed by atoms with Crippen molar-refractivity contribution in [2.24, 2.45) is 0 Å². The van der Waals surface area contributed by atoms with Gasteiger partial charge in [0.15, 0.2) is 6.10 Å². The molecule has 0 aliphatic rings. The number of carbonyl (C=O) groups is 3. The summed E-state index contributed by atoms with van der Waals surface area (Å²) in [7, 11) is 0. The van der Waals surface area contributed by atoms with Gasteiger partial charge in [0.25, 0.3) is 0 Å². The number of carboxylic acids is 3. The predicted octanol–water partition coefficient (Wildman–Crippen LogP) is -2.93. The Morgan fingerprint density at radius 1 is 1.00 bits per heavy atom. The minimum absolute atomic E-state index is 0. The van der Waals surface area contributed by atoms with Crippen molar-refractivity contribution in [1.82, 2.24) is 0 Å². The summed E-state index contributed by atoms with van der Waals surface area (Å²) in [4.78, 5) is 30.3. The van der Waals surface area contributed by atoms with Crippen LogP contribution in [0.4, 0.5) is 0 Å². The summed E-state index contributed by atoms with van der Waals surface area (Å²) >= 11 is 0. The van der Waals surface area contributed by atoms with Gasteiger partial charge in [0.05, 0.1) is 6.42 Å². The molecule has 1 unspecified atom stereocenters. The molecule has 80 valence electrons. The molecule has 0 rings (SSSR count). The quantitative estimate of drug-likeness (QED) is 0.449. The fourth-order valence-corrected chi connectivity index (χ4v) is 0.548. The van der Waals surface area contributed by atoms with Gasteiger partial charge in [-0.25, -0.2) is 9.59 Å². The maximum absolute atomic E-state index is 10.3. The molecular formula is C6H11K2NaO7. The predicted molar refractivity (Wildman–Crippen MR) is 58.7 cm³/mol. The molecular weight excluding hydrogens is 285 g/mol. The van der Waals surface area contributed by atoms with Crippen LogP contribution in [0.1, 0.15) is 6.42 Å². The molecule has 0 amide bonds. The Kier molecular flexibility index (Phi) is 26.6. The SMILES string of the molecule is O=C(O)COC(CC(=O)O)C(=O)O.[KH].[KH].[NaH]. The molecule has 0 bridgehead atoms. The summed E-state index contributed by atoms with van der Waals surface area (Å²) in [6.07, 6.45) is -2.38. The molecule has 3 N–H and O–H groups in total. The van der Waals surface area contributed by atoms with Crippen LogP contribution >= 0.6 is 0 Å². The van der Waals surface area contributed by atoms with Gasteiger partial charge in [-0.05, 0) is 0 Å². The molecule has 0 aromatic rings. The number of hydrogen-bond donors (Lipinski definition) is 3. The van der Waals surface area contributed by atoms with Gasteiger partial charge >= 0.3 is 150 Å². The van der Waals surface area contributed by atoms with Crippen LogP contribution in [0.2, 0.25) is 0 Å². The van der Waals surface area contributed by atoms with E-state index in [1.807, 2.05) is 0 Å². The van der Waals surface area contributed by atoms with Gasteiger partial charge in [-0.15, -0.1) is 0 Å². The first-order valence-corrected chi connectivity index (χ1v) is 3.21. The van der Waals surface area contributed by atoms with Crippen LogP contribution in [-0.2, 0) is 19.1 Å².